The molecule has 0 spiro atoms. The molecule has 2 aromatic carbocycles. The number of rotatable bonds is 5. The summed E-state index contributed by atoms with van der Waals surface area (Å²) in [5.74, 6) is 0.676. The van der Waals surface area contributed by atoms with E-state index in [0.29, 0.717) is 22.5 Å². The van der Waals surface area contributed by atoms with Crippen molar-refractivity contribution in [1.29, 1.82) is 0 Å². The molecule has 0 saturated heterocycles. The second-order valence-corrected chi connectivity index (χ2v) is 4.77. The summed E-state index contributed by atoms with van der Waals surface area (Å²) >= 11 is 12.1. The van der Waals surface area contributed by atoms with Gasteiger partial charge in [0.2, 0.25) is 0 Å². The van der Waals surface area contributed by atoms with Crippen molar-refractivity contribution in [2.24, 2.45) is 4.99 Å². The van der Waals surface area contributed by atoms with Crippen molar-refractivity contribution in [3.05, 3.63) is 71.8 Å². The predicted octanol–water partition coefficient (Wildman–Crippen LogP) is 5.22. The summed E-state index contributed by atoms with van der Waals surface area (Å²) in [5, 5.41) is 1.03. The lowest BCUT2D eigenvalue weighted by molar-refractivity contribution is 0.362. The van der Waals surface area contributed by atoms with Crippen molar-refractivity contribution in [1.82, 2.24) is 0 Å². The molecule has 0 aliphatic rings. The van der Waals surface area contributed by atoms with Crippen LogP contribution < -0.4 is 4.74 Å². The van der Waals surface area contributed by atoms with Gasteiger partial charge in [-0.3, -0.25) is 0 Å². The highest BCUT2D eigenvalue weighted by atomic mass is 35.5. The van der Waals surface area contributed by atoms with E-state index in [9.17, 15) is 0 Å². The largest absolute Gasteiger partial charge is 0.489 e. The number of aliphatic imine (C=N–C) groups is 1. The summed E-state index contributed by atoms with van der Waals surface area (Å²) in [6.07, 6.45) is 1.68. The van der Waals surface area contributed by atoms with Crippen molar-refractivity contribution in [2.75, 3.05) is 6.61 Å². The summed E-state index contributed by atoms with van der Waals surface area (Å²) in [6.45, 7) is 4.04. The van der Waals surface area contributed by atoms with Gasteiger partial charge in [0.05, 0.1) is 11.3 Å². The smallest absolute Gasteiger partial charge is 0.140 e. The van der Waals surface area contributed by atoms with Crippen LogP contribution in [0.5, 0.6) is 5.75 Å². The van der Waals surface area contributed by atoms with Crippen molar-refractivity contribution in [3.8, 4) is 5.75 Å². The molecule has 0 heterocycles. The normalized spacial score (nSPS) is 11.2. The molecule has 0 saturated carbocycles. The average molecular weight is 306 g/mol. The van der Waals surface area contributed by atoms with Crippen LogP contribution in [-0.4, -0.2) is 11.8 Å². The Morgan fingerprint density at radius 1 is 1.15 bits per heavy atom. The number of para-hydroxylation sites is 1. The molecule has 0 aliphatic carbocycles. The highest BCUT2D eigenvalue weighted by molar-refractivity contribution is 6.70. The average Bonchev–Trinajstić information content (AvgIpc) is 2.47. The maximum atomic E-state index is 6.28. The fraction of sp³-hybridized carbons (Fsp3) is 0.0625. The van der Waals surface area contributed by atoms with Crippen LogP contribution in [0.3, 0.4) is 0 Å². The number of halogens is 2. The van der Waals surface area contributed by atoms with E-state index >= 15 is 0 Å². The SMILES string of the molecule is C=CCOc1ccccc1C(Cl)=Nc1ccc(Cl)cc1. The molecule has 0 unspecified atom stereocenters. The molecule has 0 radical (unpaired) electrons. The van der Waals surface area contributed by atoms with E-state index in [1.165, 1.54) is 0 Å². The third kappa shape index (κ3) is 3.86. The summed E-state index contributed by atoms with van der Waals surface area (Å²) in [5.41, 5.74) is 1.48. The first-order valence-electron chi connectivity index (χ1n) is 6.03. The molecule has 0 amide bonds. The fourth-order valence-corrected chi connectivity index (χ4v) is 1.98. The van der Waals surface area contributed by atoms with Gasteiger partial charge in [-0.25, -0.2) is 4.99 Å². The summed E-state index contributed by atoms with van der Waals surface area (Å²) in [4.78, 5) is 4.36. The third-order valence-electron chi connectivity index (χ3n) is 2.52. The molecule has 0 aliphatic heterocycles. The monoisotopic (exact) mass is 305 g/mol. The Hall–Kier alpha value is -1.77. The number of hydrogen-bond donors (Lipinski definition) is 0. The van der Waals surface area contributed by atoms with Gasteiger partial charge in [0.25, 0.3) is 0 Å². The standard InChI is InChI=1S/C16H13Cl2NO/c1-2-11-20-15-6-4-3-5-14(15)16(18)19-13-9-7-12(17)8-10-13/h2-10H,1,11H2. The first-order valence-corrected chi connectivity index (χ1v) is 6.79. The fourth-order valence-electron chi connectivity index (χ4n) is 1.60. The van der Waals surface area contributed by atoms with Gasteiger partial charge in [0, 0.05) is 5.02 Å². The minimum Gasteiger partial charge on any atom is -0.489 e. The number of nitrogens with zero attached hydrogens (tertiary/aromatic N) is 1. The van der Waals surface area contributed by atoms with Gasteiger partial charge in [-0.2, -0.15) is 0 Å². The van der Waals surface area contributed by atoms with Gasteiger partial charge in [0.15, 0.2) is 0 Å². The highest BCUT2D eigenvalue weighted by Gasteiger charge is 2.07. The van der Waals surface area contributed by atoms with Crippen molar-refractivity contribution in [3.63, 3.8) is 0 Å². The van der Waals surface area contributed by atoms with Crippen LogP contribution in [0, 0.1) is 0 Å². The highest BCUT2D eigenvalue weighted by Crippen LogP contribution is 2.24. The van der Waals surface area contributed by atoms with Crippen LogP contribution >= 0.6 is 23.2 Å². The van der Waals surface area contributed by atoms with E-state index in [-0.39, 0.29) is 0 Å². The number of benzene rings is 2. The van der Waals surface area contributed by atoms with Crippen LogP contribution in [0.25, 0.3) is 0 Å². The number of hydrogen-bond acceptors (Lipinski definition) is 2. The molecule has 0 fully saturated rings. The zero-order chi connectivity index (χ0) is 14.4. The Kier molecular flexibility index (Phi) is 5.22. The van der Waals surface area contributed by atoms with Gasteiger partial charge in [0.1, 0.15) is 17.5 Å². The third-order valence-corrected chi connectivity index (χ3v) is 3.06. The maximum Gasteiger partial charge on any atom is 0.140 e. The van der Waals surface area contributed by atoms with Crippen molar-refractivity contribution < 1.29 is 4.74 Å². The molecule has 0 aromatic heterocycles. The van der Waals surface area contributed by atoms with E-state index in [1.807, 2.05) is 24.3 Å². The Bertz CT molecular complexity index is 621. The molecule has 0 atom stereocenters. The zero-order valence-electron chi connectivity index (χ0n) is 10.7. The molecular weight excluding hydrogens is 293 g/mol. The molecular formula is C16H13Cl2NO. The van der Waals surface area contributed by atoms with E-state index in [0.717, 1.165) is 11.3 Å². The Morgan fingerprint density at radius 2 is 1.85 bits per heavy atom. The van der Waals surface area contributed by atoms with Crippen molar-refractivity contribution in [2.45, 2.75) is 0 Å². The minimum absolute atomic E-state index is 0.368. The lowest BCUT2D eigenvalue weighted by Crippen LogP contribution is -2.00. The molecule has 0 bridgehead atoms. The Balaban J connectivity index is 2.30. The maximum absolute atomic E-state index is 6.28. The molecule has 2 rings (SSSR count). The summed E-state index contributed by atoms with van der Waals surface area (Å²) in [7, 11) is 0. The molecule has 20 heavy (non-hydrogen) atoms. The Morgan fingerprint density at radius 3 is 2.55 bits per heavy atom. The van der Waals surface area contributed by atoms with E-state index in [1.54, 1.807) is 30.3 Å². The first-order chi connectivity index (χ1) is 9.70. The summed E-state index contributed by atoms with van der Waals surface area (Å²) < 4.78 is 5.56. The quantitative estimate of drug-likeness (QED) is 0.548. The number of ether oxygens (including phenoxy) is 1. The molecule has 2 nitrogen and oxygen atoms in total. The second kappa shape index (κ2) is 7.13. The minimum atomic E-state index is 0.368. The second-order valence-electron chi connectivity index (χ2n) is 3.97. The van der Waals surface area contributed by atoms with E-state index in [4.69, 9.17) is 27.9 Å². The molecule has 102 valence electrons. The van der Waals surface area contributed by atoms with Crippen LogP contribution in [-0.2, 0) is 0 Å². The van der Waals surface area contributed by atoms with Gasteiger partial charge >= 0.3 is 0 Å². The van der Waals surface area contributed by atoms with Crippen LogP contribution in [0.4, 0.5) is 5.69 Å². The summed E-state index contributed by atoms with van der Waals surface area (Å²) in [6, 6.07) is 14.6. The molecule has 0 N–H and O–H groups in total. The zero-order valence-corrected chi connectivity index (χ0v) is 12.2. The topological polar surface area (TPSA) is 21.6 Å². The van der Waals surface area contributed by atoms with Crippen LogP contribution in [0.1, 0.15) is 5.56 Å². The molecule has 2 aromatic rings. The van der Waals surface area contributed by atoms with Gasteiger partial charge in [-0.05, 0) is 36.4 Å². The first kappa shape index (κ1) is 14.6. The van der Waals surface area contributed by atoms with Gasteiger partial charge in [-0.1, -0.05) is 48.0 Å². The van der Waals surface area contributed by atoms with Crippen molar-refractivity contribution >= 4 is 34.1 Å². The lowest BCUT2D eigenvalue weighted by Gasteiger charge is -2.08. The predicted molar refractivity (Wildman–Crippen MR) is 85.6 cm³/mol. The van der Waals surface area contributed by atoms with E-state index in [2.05, 4.69) is 11.6 Å². The molecule has 4 heteroatoms. The lowest BCUT2D eigenvalue weighted by atomic mass is 10.2. The van der Waals surface area contributed by atoms with Crippen LogP contribution in [0.15, 0.2) is 66.2 Å². The van der Waals surface area contributed by atoms with Crippen LogP contribution in [0.2, 0.25) is 5.02 Å². The van der Waals surface area contributed by atoms with E-state index < -0.39 is 0 Å². The van der Waals surface area contributed by atoms with Gasteiger partial charge in [-0.15, -0.1) is 0 Å². The van der Waals surface area contributed by atoms with Gasteiger partial charge < -0.3 is 4.74 Å². The Labute approximate surface area is 128 Å².